The number of anilines is 1. The van der Waals surface area contributed by atoms with Gasteiger partial charge < -0.3 is 15.4 Å². The van der Waals surface area contributed by atoms with Gasteiger partial charge in [0.05, 0.1) is 23.1 Å². The zero-order valence-corrected chi connectivity index (χ0v) is 15.6. The third kappa shape index (κ3) is 3.75. The minimum absolute atomic E-state index is 0.148. The first-order valence-corrected chi connectivity index (χ1v) is 9.37. The number of likely N-dealkylation sites (tertiary alicyclic amines) is 1. The molecule has 1 saturated heterocycles. The molecule has 0 bridgehead atoms. The third-order valence-corrected chi connectivity index (χ3v) is 5.23. The number of carboxylic acid groups (broad SMARTS) is 1. The van der Waals surface area contributed by atoms with E-state index in [1.807, 2.05) is 18.2 Å². The first-order valence-electron chi connectivity index (χ1n) is 9.37. The average Bonchev–Trinajstić information content (AvgIpc) is 3.27. The van der Waals surface area contributed by atoms with Gasteiger partial charge in [-0.3, -0.25) is 9.69 Å². The van der Waals surface area contributed by atoms with Gasteiger partial charge in [0.15, 0.2) is 0 Å². The number of rotatable bonds is 5. The van der Waals surface area contributed by atoms with Crippen molar-refractivity contribution in [2.75, 3.05) is 11.9 Å². The minimum Gasteiger partial charge on any atom is -0.478 e. The van der Waals surface area contributed by atoms with Gasteiger partial charge in [-0.1, -0.05) is 0 Å². The van der Waals surface area contributed by atoms with Crippen molar-refractivity contribution in [2.24, 2.45) is 0 Å². The predicted octanol–water partition coefficient (Wildman–Crippen LogP) is 3.50. The molecule has 1 aromatic heterocycles. The van der Waals surface area contributed by atoms with E-state index in [-0.39, 0.29) is 11.5 Å². The fourth-order valence-electron chi connectivity index (χ4n) is 3.60. The highest BCUT2D eigenvalue weighted by Gasteiger charge is 2.21. The van der Waals surface area contributed by atoms with Crippen molar-refractivity contribution < 1.29 is 14.7 Å². The van der Waals surface area contributed by atoms with Crippen molar-refractivity contribution >= 4 is 28.6 Å². The zero-order chi connectivity index (χ0) is 19.7. The summed E-state index contributed by atoms with van der Waals surface area (Å²) < 4.78 is 0. The number of amides is 1. The fourth-order valence-corrected chi connectivity index (χ4v) is 3.60. The van der Waals surface area contributed by atoms with E-state index in [4.69, 9.17) is 5.11 Å². The highest BCUT2D eigenvalue weighted by Crippen LogP contribution is 2.22. The Bertz CT molecular complexity index is 1030. The number of carbonyl (C=O) groups excluding carboxylic acids is 1. The Morgan fingerprint density at radius 1 is 1.21 bits per heavy atom. The second-order valence-corrected chi connectivity index (χ2v) is 7.21. The Morgan fingerprint density at radius 3 is 2.64 bits per heavy atom. The summed E-state index contributed by atoms with van der Waals surface area (Å²) in [4.78, 5) is 33.7. The third-order valence-electron chi connectivity index (χ3n) is 5.23. The van der Waals surface area contributed by atoms with E-state index in [9.17, 15) is 9.59 Å². The van der Waals surface area contributed by atoms with E-state index < -0.39 is 5.97 Å². The van der Waals surface area contributed by atoms with Crippen molar-refractivity contribution in [2.45, 2.75) is 32.4 Å². The van der Waals surface area contributed by atoms with Gasteiger partial charge in [0.2, 0.25) is 0 Å². The molecule has 0 aliphatic carbocycles. The first kappa shape index (κ1) is 18.2. The van der Waals surface area contributed by atoms with Crippen LogP contribution >= 0.6 is 0 Å². The van der Waals surface area contributed by atoms with Crippen LogP contribution < -0.4 is 5.32 Å². The molecule has 1 amide bonds. The number of H-pyrrole nitrogens is 1. The molecule has 4 rings (SSSR count). The van der Waals surface area contributed by atoms with E-state index in [1.165, 1.54) is 37.1 Å². The van der Waals surface area contributed by atoms with E-state index in [0.717, 1.165) is 29.9 Å². The lowest BCUT2D eigenvalue weighted by atomic mass is 10.1. The van der Waals surface area contributed by atoms with Gasteiger partial charge in [-0.25, -0.2) is 9.78 Å². The number of nitrogens with zero attached hydrogens (tertiary/aromatic N) is 2. The first-order chi connectivity index (χ1) is 13.5. The molecule has 2 heterocycles. The quantitative estimate of drug-likeness (QED) is 0.631. The van der Waals surface area contributed by atoms with Gasteiger partial charge in [-0.15, -0.1) is 0 Å². The lowest BCUT2D eigenvalue weighted by Gasteiger charge is -2.19. The molecule has 1 aliphatic heterocycles. The summed E-state index contributed by atoms with van der Waals surface area (Å²) in [5, 5.41) is 11.8. The molecule has 0 saturated carbocycles. The van der Waals surface area contributed by atoms with Crippen LogP contribution in [0.15, 0.2) is 42.5 Å². The maximum Gasteiger partial charge on any atom is 0.335 e. The largest absolute Gasteiger partial charge is 0.478 e. The molecule has 144 valence electrons. The number of aromatic carboxylic acids is 1. The van der Waals surface area contributed by atoms with Crippen molar-refractivity contribution in [3.8, 4) is 0 Å². The van der Waals surface area contributed by atoms with Gasteiger partial charge in [0.1, 0.15) is 5.82 Å². The number of carboxylic acids is 1. The van der Waals surface area contributed by atoms with Crippen LogP contribution in [0, 0.1) is 0 Å². The van der Waals surface area contributed by atoms with Crippen molar-refractivity contribution in [1.29, 1.82) is 0 Å². The van der Waals surface area contributed by atoms with Crippen LogP contribution in [-0.4, -0.2) is 44.4 Å². The Hall–Kier alpha value is -3.19. The molecule has 0 radical (unpaired) electrons. The number of fused-ring (bicyclic) bond motifs is 1. The van der Waals surface area contributed by atoms with Crippen LogP contribution in [0.25, 0.3) is 11.0 Å². The van der Waals surface area contributed by atoms with Crippen LogP contribution in [0.3, 0.4) is 0 Å². The fraction of sp³-hybridized carbons (Fsp3) is 0.286. The lowest BCUT2D eigenvalue weighted by molar-refractivity contribution is 0.0696. The van der Waals surface area contributed by atoms with Crippen LogP contribution in [-0.2, 0) is 6.54 Å². The van der Waals surface area contributed by atoms with E-state index in [1.54, 1.807) is 0 Å². The zero-order valence-electron chi connectivity index (χ0n) is 15.6. The number of carbonyl (C=O) groups is 2. The van der Waals surface area contributed by atoms with Crippen LogP contribution in [0.2, 0.25) is 0 Å². The molecule has 28 heavy (non-hydrogen) atoms. The Balaban J connectivity index is 1.48. The smallest absolute Gasteiger partial charge is 0.335 e. The topological polar surface area (TPSA) is 98.3 Å². The summed E-state index contributed by atoms with van der Waals surface area (Å²) >= 11 is 0. The second-order valence-electron chi connectivity index (χ2n) is 7.21. The Labute approximate surface area is 162 Å². The molecule has 3 N–H and O–H groups in total. The molecule has 1 fully saturated rings. The Morgan fingerprint density at radius 2 is 1.96 bits per heavy atom. The molecule has 7 heteroatoms. The highest BCUT2D eigenvalue weighted by molar-refractivity contribution is 6.05. The molecular formula is C21H22N4O3. The molecule has 1 aliphatic rings. The summed E-state index contributed by atoms with van der Waals surface area (Å²) in [5.74, 6) is -0.380. The van der Waals surface area contributed by atoms with Gasteiger partial charge in [-0.2, -0.15) is 0 Å². The van der Waals surface area contributed by atoms with Gasteiger partial charge in [0, 0.05) is 17.3 Å². The monoisotopic (exact) mass is 378 g/mol. The van der Waals surface area contributed by atoms with E-state index in [2.05, 4.69) is 27.1 Å². The molecule has 0 unspecified atom stereocenters. The molecule has 2 aromatic carbocycles. The normalized spacial score (nSPS) is 17.1. The number of hydrogen-bond donors (Lipinski definition) is 3. The van der Waals surface area contributed by atoms with Gasteiger partial charge in [-0.05, 0) is 68.8 Å². The number of nitrogens with one attached hydrogen (secondary N) is 2. The van der Waals surface area contributed by atoms with Gasteiger partial charge >= 0.3 is 5.97 Å². The Kier molecular flexibility index (Phi) is 4.83. The van der Waals surface area contributed by atoms with Gasteiger partial charge in [0.25, 0.3) is 5.91 Å². The molecular weight excluding hydrogens is 356 g/mol. The summed E-state index contributed by atoms with van der Waals surface area (Å²) in [5.41, 5.74) is 2.95. The SMILES string of the molecule is C[C@@H]1CCCN1Cc1nc2ccc(NC(=O)c3ccc(C(=O)O)cc3)cc2[nH]1. The molecule has 7 nitrogen and oxygen atoms in total. The maximum atomic E-state index is 12.4. The summed E-state index contributed by atoms with van der Waals surface area (Å²) in [6, 6.07) is 12.0. The summed E-state index contributed by atoms with van der Waals surface area (Å²) in [6.07, 6.45) is 2.45. The number of benzene rings is 2. The number of aromatic amines is 1. The predicted molar refractivity (Wildman–Crippen MR) is 107 cm³/mol. The van der Waals surface area contributed by atoms with Crippen LogP contribution in [0.4, 0.5) is 5.69 Å². The van der Waals surface area contributed by atoms with E-state index in [0.29, 0.717) is 17.3 Å². The van der Waals surface area contributed by atoms with Crippen molar-refractivity contribution in [3.05, 3.63) is 59.4 Å². The lowest BCUT2D eigenvalue weighted by Crippen LogP contribution is -2.26. The standard InChI is InChI=1S/C21H22N4O3/c1-13-3-2-10-25(13)12-19-23-17-9-8-16(11-18(17)24-19)22-20(26)14-4-6-15(7-5-14)21(27)28/h4-9,11,13H,2-3,10,12H2,1H3,(H,22,26)(H,23,24)(H,27,28)/t13-/m1/s1. The average molecular weight is 378 g/mol. The van der Waals surface area contributed by atoms with E-state index >= 15 is 0 Å². The summed E-state index contributed by atoms with van der Waals surface area (Å²) in [6.45, 7) is 4.14. The number of hydrogen-bond acceptors (Lipinski definition) is 4. The van der Waals surface area contributed by atoms with Crippen molar-refractivity contribution in [3.63, 3.8) is 0 Å². The second kappa shape index (κ2) is 7.44. The van der Waals surface area contributed by atoms with Crippen LogP contribution in [0.1, 0.15) is 46.3 Å². The van der Waals surface area contributed by atoms with Crippen LogP contribution in [0.5, 0.6) is 0 Å². The van der Waals surface area contributed by atoms with Crippen molar-refractivity contribution in [1.82, 2.24) is 14.9 Å². The number of imidazole rings is 1. The minimum atomic E-state index is -1.02. The summed E-state index contributed by atoms with van der Waals surface area (Å²) in [7, 11) is 0. The molecule has 1 atom stereocenters. The molecule has 0 spiro atoms. The highest BCUT2D eigenvalue weighted by atomic mass is 16.4. The molecule has 3 aromatic rings. The maximum absolute atomic E-state index is 12.4. The number of aromatic nitrogens is 2.